The molecule has 0 spiro atoms. The van der Waals surface area contributed by atoms with Crippen LogP contribution in [0.1, 0.15) is 106 Å². The second-order valence-corrected chi connectivity index (χ2v) is 12.5. The molecule has 3 fully saturated rings. The van der Waals surface area contributed by atoms with Crippen LogP contribution in [0.4, 0.5) is 0 Å². The molecule has 0 aromatic carbocycles. The van der Waals surface area contributed by atoms with Gasteiger partial charge in [-0.05, 0) is 97.7 Å². The molecule has 0 aromatic heterocycles. The maximum atomic E-state index is 10.2. The van der Waals surface area contributed by atoms with Gasteiger partial charge in [0, 0.05) is 0 Å². The second-order valence-electron chi connectivity index (χ2n) is 12.5. The van der Waals surface area contributed by atoms with Crippen molar-refractivity contribution in [3.8, 4) is 0 Å². The molecule has 1 N–H and O–H groups in total. The predicted molar refractivity (Wildman–Crippen MR) is 128 cm³/mol. The van der Waals surface area contributed by atoms with E-state index in [-0.39, 0.29) is 6.10 Å². The SMILES string of the molecule is CC[C@H](CC[C@@H](C)[C@H]1CC[C@@H]2C3=CC=C4C[C@@H](O)CC[C@]4(C)[C@@H]3CC[C@]21C)C(C)C. The third-order valence-electron chi connectivity index (χ3n) is 10.8. The first-order valence-corrected chi connectivity index (χ1v) is 13.3. The van der Waals surface area contributed by atoms with E-state index >= 15 is 0 Å². The standard InChI is InChI=1S/C29H48O/c1-7-21(19(2)3)9-8-20(4)25-12-13-26-24-11-10-22-18-23(30)14-16-28(22,5)27(24)15-17-29(25,26)6/h10-11,19-21,23,25-27,30H,7-9,12-18H2,1-6H3/t20-,21-,23+,25-,26-,27-,28+,29+/m1/s1. The van der Waals surface area contributed by atoms with Gasteiger partial charge in [-0.25, -0.2) is 0 Å². The number of aliphatic hydroxyl groups is 1. The van der Waals surface area contributed by atoms with Crippen molar-refractivity contribution in [1.82, 2.24) is 0 Å². The van der Waals surface area contributed by atoms with Crippen molar-refractivity contribution < 1.29 is 5.11 Å². The lowest BCUT2D eigenvalue weighted by Crippen LogP contribution is -2.46. The molecule has 30 heavy (non-hydrogen) atoms. The van der Waals surface area contributed by atoms with Gasteiger partial charge in [0.15, 0.2) is 0 Å². The Morgan fingerprint density at radius 3 is 2.43 bits per heavy atom. The van der Waals surface area contributed by atoms with Crippen molar-refractivity contribution in [1.29, 1.82) is 0 Å². The van der Waals surface area contributed by atoms with Crippen molar-refractivity contribution in [3.05, 3.63) is 23.3 Å². The van der Waals surface area contributed by atoms with E-state index in [1.807, 2.05) is 0 Å². The average Bonchev–Trinajstić information content (AvgIpc) is 3.06. The Kier molecular flexibility index (Phi) is 6.35. The molecule has 0 bridgehead atoms. The largest absolute Gasteiger partial charge is 0.393 e. The number of fused-ring (bicyclic) bond motifs is 5. The monoisotopic (exact) mass is 412 g/mol. The Morgan fingerprint density at radius 2 is 1.73 bits per heavy atom. The minimum Gasteiger partial charge on any atom is -0.393 e. The first-order valence-electron chi connectivity index (χ1n) is 13.3. The van der Waals surface area contributed by atoms with Gasteiger partial charge >= 0.3 is 0 Å². The first-order chi connectivity index (χ1) is 14.2. The third-order valence-corrected chi connectivity index (χ3v) is 10.8. The van der Waals surface area contributed by atoms with Crippen LogP contribution >= 0.6 is 0 Å². The fourth-order valence-electron chi connectivity index (χ4n) is 8.65. The number of allylic oxidation sites excluding steroid dienone is 3. The Hall–Kier alpha value is -0.560. The molecular weight excluding hydrogens is 364 g/mol. The van der Waals surface area contributed by atoms with Crippen LogP contribution in [-0.2, 0) is 0 Å². The Morgan fingerprint density at radius 1 is 0.967 bits per heavy atom. The van der Waals surface area contributed by atoms with Gasteiger partial charge in [-0.2, -0.15) is 0 Å². The molecule has 4 aliphatic rings. The molecule has 0 saturated heterocycles. The molecule has 0 heterocycles. The minimum absolute atomic E-state index is 0.109. The summed E-state index contributed by atoms with van der Waals surface area (Å²) >= 11 is 0. The van der Waals surface area contributed by atoms with E-state index in [2.05, 4.69) is 53.7 Å². The summed E-state index contributed by atoms with van der Waals surface area (Å²) < 4.78 is 0. The lowest BCUT2D eigenvalue weighted by Gasteiger charge is -2.55. The van der Waals surface area contributed by atoms with Crippen molar-refractivity contribution in [2.45, 2.75) is 112 Å². The summed E-state index contributed by atoms with van der Waals surface area (Å²) in [6, 6.07) is 0. The zero-order valence-corrected chi connectivity index (χ0v) is 20.7. The summed E-state index contributed by atoms with van der Waals surface area (Å²) in [5, 5.41) is 10.2. The van der Waals surface area contributed by atoms with E-state index < -0.39 is 0 Å². The quantitative estimate of drug-likeness (QED) is 0.469. The van der Waals surface area contributed by atoms with Crippen molar-refractivity contribution in [3.63, 3.8) is 0 Å². The molecule has 4 rings (SSSR count). The fraction of sp³-hybridized carbons (Fsp3) is 0.862. The molecule has 1 nitrogen and oxygen atoms in total. The van der Waals surface area contributed by atoms with Crippen molar-refractivity contribution >= 4 is 0 Å². The van der Waals surface area contributed by atoms with Crippen LogP contribution in [-0.4, -0.2) is 11.2 Å². The van der Waals surface area contributed by atoms with E-state index in [9.17, 15) is 5.11 Å². The van der Waals surface area contributed by atoms with Crippen LogP contribution in [0.25, 0.3) is 0 Å². The summed E-state index contributed by atoms with van der Waals surface area (Å²) in [7, 11) is 0. The van der Waals surface area contributed by atoms with Gasteiger partial charge in [-0.1, -0.05) is 77.7 Å². The second kappa shape index (κ2) is 8.42. The maximum Gasteiger partial charge on any atom is 0.0578 e. The molecule has 0 radical (unpaired) electrons. The third kappa shape index (κ3) is 3.66. The lowest BCUT2D eigenvalue weighted by atomic mass is 9.50. The van der Waals surface area contributed by atoms with E-state index in [4.69, 9.17) is 0 Å². The molecule has 170 valence electrons. The zero-order chi connectivity index (χ0) is 21.7. The normalized spacial score (nSPS) is 42.7. The zero-order valence-electron chi connectivity index (χ0n) is 20.7. The highest BCUT2D eigenvalue weighted by Gasteiger charge is 2.56. The summed E-state index contributed by atoms with van der Waals surface area (Å²) in [6.45, 7) is 15.0. The topological polar surface area (TPSA) is 20.2 Å². The molecular formula is C29H48O. The van der Waals surface area contributed by atoms with Crippen LogP contribution in [0, 0.1) is 46.3 Å². The maximum absolute atomic E-state index is 10.2. The van der Waals surface area contributed by atoms with Gasteiger partial charge in [-0.15, -0.1) is 0 Å². The number of aliphatic hydroxyl groups excluding tert-OH is 1. The van der Waals surface area contributed by atoms with Gasteiger partial charge in [0.05, 0.1) is 6.10 Å². The highest BCUT2D eigenvalue weighted by atomic mass is 16.3. The summed E-state index contributed by atoms with van der Waals surface area (Å²) in [4.78, 5) is 0. The molecule has 8 atom stereocenters. The molecule has 4 aliphatic carbocycles. The van der Waals surface area contributed by atoms with Gasteiger partial charge in [0.1, 0.15) is 0 Å². The minimum atomic E-state index is -0.109. The van der Waals surface area contributed by atoms with Gasteiger partial charge in [-0.3, -0.25) is 0 Å². The van der Waals surface area contributed by atoms with Crippen LogP contribution in [0.3, 0.4) is 0 Å². The fourth-order valence-corrected chi connectivity index (χ4v) is 8.65. The van der Waals surface area contributed by atoms with Gasteiger partial charge in [0.2, 0.25) is 0 Å². The van der Waals surface area contributed by atoms with Crippen molar-refractivity contribution in [2.75, 3.05) is 0 Å². The van der Waals surface area contributed by atoms with Gasteiger partial charge in [0.25, 0.3) is 0 Å². The predicted octanol–water partition coefficient (Wildman–Crippen LogP) is 7.94. The van der Waals surface area contributed by atoms with E-state index in [1.165, 1.54) is 51.4 Å². The first kappa shape index (κ1) is 22.6. The Labute approximate surface area is 186 Å². The summed E-state index contributed by atoms with van der Waals surface area (Å²) in [5.74, 6) is 5.03. The van der Waals surface area contributed by atoms with E-state index in [1.54, 1.807) is 11.1 Å². The molecule has 0 unspecified atom stereocenters. The highest BCUT2D eigenvalue weighted by Crippen LogP contribution is 2.66. The molecule has 1 heteroatoms. The smallest absolute Gasteiger partial charge is 0.0578 e. The number of hydrogen-bond donors (Lipinski definition) is 1. The summed E-state index contributed by atoms with van der Waals surface area (Å²) in [5.41, 5.74) is 4.17. The van der Waals surface area contributed by atoms with E-state index in [0.717, 1.165) is 48.3 Å². The highest BCUT2D eigenvalue weighted by molar-refractivity contribution is 5.38. The van der Waals surface area contributed by atoms with E-state index in [0.29, 0.717) is 10.8 Å². The Bertz CT molecular complexity index is 686. The molecule has 0 amide bonds. The average molecular weight is 413 g/mol. The molecule has 0 aliphatic heterocycles. The molecule has 0 aromatic rings. The Balaban J connectivity index is 1.51. The number of hydrogen-bond acceptors (Lipinski definition) is 1. The van der Waals surface area contributed by atoms with Gasteiger partial charge < -0.3 is 5.11 Å². The molecule has 3 saturated carbocycles. The van der Waals surface area contributed by atoms with Crippen LogP contribution in [0.15, 0.2) is 23.3 Å². The van der Waals surface area contributed by atoms with Crippen LogP contribution in [0.2, 0.25) is 0 Å². The van der Waals surface area contributed by atoms with Crippen LogP contribution < -0.4 is 0 Å². The lowest BCUT2D eigenvalue weighted by molar-refractivity contribution is 0.0315. The number of rotatable bonds is 6. The summed E-state index contributed by atoms with van der Waals surface area (Å²) in [6.07, 6.45) is 17.8. The van der Waals surface area contributed by atoms with Crippen LogP contribution in [0.5, 0.6) is 0 Å². The van der Waals surface area contributed by atoms with Crippen molar-refractivity contribution in [2.24, 2.45) is 46.3 Å².